The molecule has 0 aliphatic rings. The first kappa shape index (κ1) is 56.1. The minimum atomic E-state index is -0.763. The second kappa shape index (κ2) is 47.8. The fourth-order valence-electron chi connectivity index (χ4n) is 7.61. The van der Waals surface area contributed by atoms with Gasteiger partial charge in [0.15, 0.2) is 6.10 Å². The first-order valence-electron chi connectivity index (χ1n) is 25.7. The zero-order valence-corrected chi connectivity index (χ0v) is 39.1. The minimum Gasteiger partial charge on any atom is -0.462 e. The van der Waals surface area contributed by atoms with Gasteiger partial charge < -0.3 is 14.2 Å². The van der Waals surface area contributed by atoms with Crippen molar-refractivity contribution in [1.82, 2.24) is 0 Å². The third-order valence-corrected chi connectivity index (χ3v) is 11.5. The molecule has 0 radical (unpaired) electrons. The molecular weight excluding hydrogens is 721 g/mol. The van der Waals surface area contributed by atoms with E-state index in [0.717, 1.165) is 57.8 Å². The lowest BCUT2D eigenvalue weighted by molar-refractivity contribution is -0.167. The summed E-state index contributed by atoms with van der Waals surface area (Å²) in [7, 11) is 0. The van der Waals surface area contributed by atoms with Gasteiger partial charge in [-0.25, -0.2) is 0 Å². The predicted octanol–water partition coefficient (Wildman–Crippen LogP) is 16.6. The van der Waals surface area contributed by atoms with Gasteiger partial charge in [0.05, 0.1) is 0 Å². The van der Waals surface area contributed by atoms with Crippen LogP contribution < -0.4 is 0 Å². The van der Waals surface area contributed by atoms with Gasteiger partial charge in [-0.2, -0.15) is 0 Å². The molecule has 1 unspecified atom stereocenters. The molecule has 6 nitrogen and oxygen atoms in total. The van der Waals surface area contributed by atoms with Crippen molar-refractivity contribution in [2.24, 2.45) is 0 Å². The summed E-state index contributed by atoms with van der Waals surface area (Å²) in [4.78, 5) is 37.7. The maximum Gasteiger partial charge on any atom is 0.306 e. The fraction of sp³-hybridized carbons (Fsp3) is 0.904. The molecule has 0 rings (SSSR count). The SMILES string of the molecule is CCCCCCCC/C=C\CCCCCCCCCC(=O)OCC(COC(=O)CCCCCCCC)OC(=O)CCCCCCCCCCCCCCCCCCC. The number of unbranched alkanes of at least 4 members (excludes halogenated alkanes) is 34. The van der Waals surface area contributed by atoms with Gasteiger partial charge >= 0.3 is 17.9 Å². The molecule has 1 atom stereocenters. The number of hydrogen-bond acceptors (Lipinski definition) is 6. The molecule has 0 N–H and O–H groups in total. The Hall–Kier alpha value is -1.85. The maximum absolute atomic E-state index is 12.7. The number of ether oxygens (including phenoxy) is 3. The average molecular weight is 819 g/mol. The molecule has 342 valence electrons. The molecule has 58 heavy (non-hydrogen) atoms. The molecule has 0 saturated heterocycles. The lowest BCUT2D eigenvalue weighted by atomic mass is 10.0. The lowest BCUT2D eigenvalue weighted by Crippen LogP contribution is -2.30. The van der Waals surface area contributed by atoms with Gasteiger partial charge in [-0.15, -0.1) is 0 Å². The molecule has 0 aliphatic heterocycles. The number of esters is 3. The highest BCUT2D eigenvalue weighted by atomic mass is 16.6. The van der Waals surface area contributed by atoms with Crippen LogP contribution >= 0.6 is 0 Å². The number of rotatable bonds is 47. The normalized spacial score (nSPS) is 12.0. The van der Waals surface area contributed by atoms with Crippen LogP contribution in [0.15, 0.2) is 12.2 Å². The first-order valence-corrected chi connectivity index (χ1v) is 25.7. The van der Waals surface area contributed by atoms with E-state index in [-0.39, 0.29) is 31.1 Å². The van der Waals surface area contributed by atoms with Crippen LogP contribution in [0.3, 0.4) is 0 Å². The summed E-state index contributed by atoms with van der Waals surface area (Å²) in [5.74, 6) is -0.866. The Balaban J connectivity index is 4.17. The molecule has 0 aromatic carbocycles. The van der Waals surface area contributed by atoms with Crippen molar-refractivity contribution in [2.75, 3.05) is 13.2 Å². The zero-order chi connectivity index (χ0) is 42.3. The van der Waals surface area contributed by atoms with E-state index in [1.807, 2.05) is 0 Å². The van der Waals surface area contributed by atoms with Gasteiger partial charge in [-0.05, 0) is 44.9 Å². The number of hydrogen-bond donors (Lipinski definition) is 0. The largest absolute Gasteiger partial charge is 0.462 e. The summed E-state index contributed by atoms with van der Waals surface area (Å²) >= 11 is 0. The van der Waals surface area contributed by atoms with Crippen LogP contribution in [0.4, 0.5) is 0 Å². The molecular formula is C52H98O6. The zero-order valence-electron chi connectivity index (χ0n) is 39.1. The standard InChI is InChI=1S/C52H98O6/c1-4-7-10-13-16-18-20-22-24-26-28-30-32-34-36-39-42-45-51(54)57-48-49(47-56-50(53)44-41-38-15-12-9-6-3)58-52(55)46-43-40-37-35-33-31-29-27-25-23-21-19-17-14-11-8-5-2/h22,24,49H,4-21,23,25-48H2,1-3H3/b24-22-. The van der Waals surface area contributed by atoms with E-state index < -0.39 is 6.10 Å². The molecule has 0 bridgehead atoms. The van der Waals surface area contributed by atoms with Crippen molar-refractivity contribution in [3.63, 3.8) is 0 Å². The first-order chi connectivity index (χ1) is 28.5. The Bertz CT molecular complexity index is 900. The van der Waals surface area contributed by atoms with E-state index in [9.17, 15) is 14.4 Å². The smallest absolute Gasteiger partial charge is 0.306 e. The summed E-state index contributed by atoms with van der Waals surface area (Å²) in [6.45, 7) is 6.61. The van der Waals surface area contributed by atoms with Crippen LogP contribution in [-0.4, -0.2) is 37.2 Å². The van der Waals surface area contributed by atoms with Crippen LogP contribution in [0.1, 0.15) is 284 Å². The highest BCUT2D eigenvalue weighted by Gasteiger charge is 2.19. The summed E-state index contributed by atoms with van der Waals surface area (Å²) in [6, 6.07) is 0. The second-order valence-electron chi connectivity index (χ2n) is 17.4. The van der Waals surface area contributed by atoms with Gasteiger partial charge in [0.1, 0.15) is 13.2 Å². The van der Waals surface area contributed by atoms with Gasteiger partial charge in [0, 0.05) is 19.3 Å². The summed E-state index contributed by atoms with van der Waals surface area (Å²) in [5.41, 5.74) is 0. The predicted molar refractivity (Wildman–Crippen MR) is 247 cm³/mol. The average Bonchev–Trinajstić information content (AvgIpc) is 3.22. The van der Waals surface area contributed by atoms with Gasteiger partial charge in [-0.3, -0.25) is 14.4 Å². The van der Waals surface area contributed by atoms with Crippen LogP contribution in [0.5, 0.6) is 0 Å². The van der Waals surface area contributed by atoms with E-state index >= 15 is 0 Å². The van der Waals surface area contributed by atoms with Crippen molar-refractivity contribution in [3.8, 4) is 0 Å². The van der Waals surface area contributed by atoms with Crippen molar-refractivity contribution in [3.05, 3.63) is 12.2 Å². The summed E-state index contributed by atoms with van der Waals surface area (Å²) in [6.07, 6.45) is 52.2. The van der Waals surface area contributed by atoms with Crippen LogP contribution in [0, 0.1) is 0 Å². The molecule has 0 heterocycles. The third kappa shape index (κ3) is 45.2. The lowest BCUT2D eigenvalue weighted by Gasteiger charge is -2.18. The molecule has 6 heteroatoms. The van der Waals surface area contributed by atoms with E-state index in [0.29, 0.717) is 19.3 Å². The summed E-state index contributed by atoms with van der Waals surface area (Å²) < 4.78 is 16.7. The Morgan fingerprint density at radius 3 is 0.862 bits per heavy atom. The second-order valence-corrected chi connectivity index (χ2v) is 17.4. The minimum absolute atomic E-state index is 0.0678. The van der Waals surface area contributed by atoms with Gasteiger partial charge in [0.2, 0.25) is 0 Å². The molecule has 0 aromatic rings. The van der Waals surface area contributed by atoms with Crippen molar-refractivity contribution in [1.29, 1.82) is 0 Å². The Morgan fingerprint density at radius 1 is 0.328 bits per heavy atom. The molecule has 0 spiro atoms. The fourth-order valence-corrected chi connectivity index (χ4v) is 7.61. The van der Waals surface area contributed by atoms with Crippen LogP contribution in [-0.2, 0) is 28.6 Å². The molecule has 0 amide bonds. The quantitative estimate of drug-likeness (QED) is 0.0263. The van der Waals surface area contributed by atoms with Crippen LogP contribution in [0.25, 0.3) is 0 Å². The van der Waals surface area contributed by atoms with Crippen molar-refractivity contribution < 1.29 is 28.6 Å². The highest BCUT2D eigenvalue weighted by Crippen LogP contribution is 2.16. The van der Waals surface area contributed by atoms with E-state index in [4.69, 9.17) is 14.2 Å². The van der Waals surface area contributed by atoms with E-state index in [1.165, 1.54) is 186 Å². The number of carbonyl (C=O) groups is 3. The molecule has 0 aromatic heterocycles. The highest BCUT2D eigenvalue weighted by molar-refractivity contribution is 5.71. The number of carbonyl (C=O) groups excluding carboxylic acids is 3. The maximum atomic E-state index is 12.7. The Kier molecular flexibility index (Phi) is 46.3. The van der Waals surface area contributed by atoms with Crippen molar-refractivity contribution in [2.45, 2.75) is 290 Å². The molecule has 0 saturated carbocycles. The monoisotopic (exact) mass is 819 g/mol. The third-order valence-electron chi connectivity index (χ3n) is 11.5. The van der Waals surface area contributed by atoms with Crippen LogP contribution in [0.2, 0.25) is 0 Å². The van der Waals surface area contributed by atoms with Gasteiger partial charge in [0.25, 0.3) is 0 Å². The van der Waals surface area contributed by atoms with E-state index in [2.05, 4.69) is 32.9 Å². The van der Waals surface area contributed by atoms with Crippen molar-refractivity contribution >= 4 is 17.9 Å². The Labute approximate surface area is 360 Å². The Morgan fingerprint density at radius 2 is 0.569 bits per heavy atom. The summed E-state index contributed by atoms with van der Waals surface area (Å²) in [5, 5.41) is 0. The van der Waals surface area contributed by atoms with E-state index in [1.54, 1.807) is 0 Å². The number of allylic oxidation sites excluding steroid dienone is 2. The molecule has 0 fully saturated rings. The topological polar surface area (TPSA) is 78.9 Å². The van der Waals surface area contributed by atoms with Gasteiger partial charge in [-0.1, -0.05) is 232 Å². The molecule has 0 aliphatic carbocycles.